The second-order valence-electron chi connectivity index (χ2n) is 5.18. The van der Waals surface area contributed by atoms with Crippen LogP contribution < -0.4 is 0 Å². The number of benzene rings is 2. The quantitative estimate of drug-likeness (QED) is 0.493. The van der Waals surface area contributed by atoms with Gasteiger partial charge in [-0.05, 0) is 24.6 Å². The van der Waals surface area contributed by atoms with Crippen LogP contribution in [0.1, 0.15) is 18.5 Å². The van der Waals surface area contributed by atoms with Crippen molar-refractivity contribution in [3.05, 3.63) is 70.3 Å². The number of hydrogen-bond donors (Lipinski definition) is 0. The van der Waals surface area contributed by atoms with Crippen LogP contribution in [0.3, 0.4) is 0 Å². The van der Waals surface area contributed by atoms with E-state index in [4.69, 9.17) is 0 Å². The molecule has 0 aromatic heterocycles. The fourth-order valence-electron chi connectivity index (χ4n) is 2.63. The van der Waals surface area contributed by atoms with Crippen LogP contribution in [0.15, 0.2) is 59.5 Å². The molecule has 1 unspecified atom stereocenters. The third kappa shape index (κ3) is 2.38. The molecule has 0 amide bonds. The van der Waals surface area contributed by atoms with E-state index in [9.17, 15) is 18.5 Å². The molecule has 7 heteroatoms. The Kier molecular flexibility index (Phi) is 3.46. The molecule has 1 saturated heterocycles. The van der Waals surface area contributed by atoms with Crippen molar-refractivity contribution < 1.29 is 13.3 Å². The Morgan fingerprint density at radius 2 is 1.64 bits per heavy atom. The van der Waals surface area contributed by atoms with E-state index in [1.807, 2.05) is 37.3 Å². The van der Waals surface area contributed by atoms with Crippen LogP contribution in [0.4, 0.5) is 5.69 Å². The lowest BCUT2D eigenvalue weighted by atomic mass is 10.1. The number of sulfonamides is 1. The molecule has 0 bridgehead atoms. The van der Waals surface area contributed by atoms with Gasteiger partial charge in [0.15, 0.2) is 0 Å². The van der Waals surface area contributed by atoms with E-state index in [-0.39, 0.29) is 22.7 Å². The van der Waals surface area contributed by atoms with Crippen molar-refractivity contribution in [2.75, 3.05) is 0 Å². The number of nitro groups is 1. The van der Waals surface area contributed by atoms with Crippen molar-refractivity contribution in [1.82, 2.24) is 4.31 Å². The molecule has 3 atom stereocenters. The van der Waals surface area contributed by atoms with Gasteiger partial charge in [-0.25, -0.2) is 8.42 Å². The number of rotatable bonds is 4. The molecular weight excluding hydrogens is 304 g/mol. The maximum atomic E-state index is 12.6. The van der Waals surface area contributed by atoms with E-state index in [1.54, 1.807) is 0 Å². The predicted molar refractivity (Wildman–Crippen MR) is 80.8 cm³/mol. The Morgan fingerprint density at radius 3 is 2.18 bits per heavy atom. The summed E-state index contributed by atoms with van der Waals surface area (Å²) in [5.74, 6) is 0. The third-order valence-electron chi connectivity index (χ3n) is 3.81. The van der Waals surface area contributed by atoms with Crippen molar-refractivity contribution in [3.63, 3.8) is 0 Å². The van der Waals surface area contributed by atoms with Gasteiger partial charge in [0.25, 0.3) is 5.69 Å². The summed E-state index contributed by atoms with van der Waals surface area (Å²) >= 11 is 0. The van der Waals surface area contributed by atoms with Crippen LogP contribution in [-0.4, -0.2) is 23.7 Å². The lowest BCUT2D eigenvalue weighted by Crippen LogP contribution is -2.14. The molecule has 22 heavy (non-hydrogen) atoms. The number of hydrogen-bond acceptors (Lipinski definition) is 4. The molecule has 0 N–H and O–H groups in total. The van der Waals surface area contributed by atoms with Crippen LogP contribution in [0.25, 0.3) is 0 Å². The van der Waals surface area contributed by atoms with Gasteiger partial charge in [0.1, 0.15) is 0 Å². The van der Waals surface area contributed by atoms with Crippen molar-refractivity contribution in [2.45, 2.75) is 23.9 Å². The lowest BCUT2D eigenvalue weighted by Gasteiger charge is -2.06. The predicted octanol–water partition coefficient (Wildman–Crippen LogP) is 2.73. The van der Waals surface area contributed by atoms with E-state index in [0.29, 0.717) is 0 Å². The van der Waals surface area contributed by atoms with Gasteiger partial charge in [-0.2, -0.15) is 4.31 Å². The van der Waals surface area contributed by atoms with Gasteiger partial charge < -0.3 is 0 Å². The monoisotopic (exact) mass is 318 g/mol. The molecule has 2 aromatic carbocycles. The first-order valence-electron chi connectivity index (χ1n) is 6.76. The smallest absolute Gasteiger partial charge is 0.258 e. The molecule has 0 radical (unpaired) electrons. The van der Waals surface area contributed by atoms with Crippen LogP contribution in [0.2, 0.25) is 0 Å². The van der Waals surface area contributed by atoms with Crippen molar-refractivity contribution in [2.24, 2.45) is 0 Å². The topological polar surface area (TPSA) is 80.3 Å². The van der Waals surface area contributed by atoms with Crippen LogP contribution in [0, 0.1) is 10.1 Å². The van der Waals surface area contributed by atoms with Gasteiger partial charge in [0.2, 0.25) is 10.0 Å². The highest BCUT2D eigenvalue weighted by atomic mass is 32.2. The van der Waals surface area contributed by atoms with Gasteiger partial charge >= 0.3 is 0 Å². The zero-order chi connectivity index (χ0) is 15.9. The normalized spacial score (nSPS) is 24.0. The highest BCUT2D eigenvalue weighted by molar-refractivity contribution is 7.89. The highest BCUT2D eigenvalue weighted by Gasteiger charge is 2.53. The molecule has 0 saturated carbocycles. The third-order valence-corrected chi connectivity index (χ3v) is 5.79. The first kappa shape index (κ1) is 14.7. The van der Waals surface area contributed by atoms with E-state index >= 15 is 0 Å². The minimum Gasteiger partial charge on any atom is -0.258 e. The van der Waals surface area contributed by atoms with Crippen LogP contribution >= 0.6 is 0 Å². The summed E-state index contributed by atoms with van der Waals surface area (Å²) in [5, 5.41) is 10.6. The number of non-ortho nitro benzene ring substituents is 1. The van der Waals surface area contributed by atoms with E-state index in [2.05, 4.69) is 0 Å². The first-order valence-corrected chi connectivity index (χ1v) is 8.20. The average molecular weight is 318 g/mol. The van der Waals surface area contributed by atoms with Crippen LogP contribution in [-0.2, 0) is 10.0 Å². The van der Waals surface area contributed by atoms with Crippen LogP contribution in [0.5, 0.6) is 0 Å². The molecule has 0 spiro atoms. The van der Waals surface area contributed by atoms with E-state index in [1.165, 1.54) is 28.6 Å². The summed E-state index contributed by atoms with van der Waals surface area (Å²) in [4.78, 5) is 10.2. The van der Waals surface area contributed by atoms with Crippen molar-refractivity contribution in [1.29, 1.82) is 0 Å². The summed E-state index contributed by atoms with van der Waals surface area (Å²) < 4.78 is 26.7. The average Bonchev–Trinajstić information content (AvgIpc) is 3.20. The lowest BCUT2D eigenvalue weighted by molar-refractivity contribution is -0.384. The van der Waals surface area contributed by atoms with Gasteiger partial charge in [-0.1, -0.05) is 30.3 Å². The van der Waals surface area contributed by atoms with Crippen molar-refractivity contribution >= 4 is 15.7 Å². The Morgan fingerprint density at radius 1 is 1.05 bits per heavy atom. The fourth-order valence-corrected chi connectivity index (χ4v) is 4.45. The fraction of sp³-hybridized carbons (Fsp3) is 0.200. The van der Waals surface area contributed by atoms with E-state index in [0.717, 1.165) is 5.56 Å². The number of nitrogens with zero attached hydrogens (tertiary/aromatic N) is 2. The first-order chi connectivity index (χ1) is 10.4. The standard InChI is InChI=1S/C15H14N2O4S/c1-11-15(12-5-3-2-4-6-12)16(11)22(20,21)14-9-7-13(8-10-14)17(18)19/h2-11,15H,1H3/t11-,15-,16?/m1/s1. The van der Waals surface area contributed by atoms with Gasteiger partial charge in [-0.3, -0.25) is 10.1 Å². The molecular formula is C15H14N2O4S. The molecule has 1 aliphatic heterocycles. The minimum absolute atomic E-state index is 0.0726. The Labute approximate surface area is 128 Å². The molecule has 2 aromatic rings. The summed E-state index contributed by atoms with van der Waals surface area (Å²) in [7, 11) is -3.64. The molecule has 3 rings (SSSR count). The van der Waals surface area contributed by atoms with Gasteiger partial charge in [-0.15, -0.1) is 0 Å². The largest absolute Gasteiger partial charge is 0.269 e. The summed E-state index contributed by atoms with van der Waals surface area (Å²) in [6, 6.07) is 14.1. The summed E-state index contributed by atoms with van der Waals surface area (Å²) in [6.45, 7) is 1.85. The van der Waals surface area contributed by atoms with Crippen molar-refractivity contribution in [3.8, 4) is 0 Å². The molecule has 0 aliphatic carbocycles. The summed E-state index contributed by atoms with van der Waals surface area (Å²) in [5.41, 5.74) is 0.817. The Hall–Kier alpha value is -2.25. The Bertz CT molecular complexity index is 803. The van der Waals surface area contributed by atoms with E-state index < -0.39 is 14.9 Å². The zero-order valence-corrected chi connectivity index (χ0v) is 12.6. The Balaban J connectivity index is 1.89. The molecule has 114 valence electrons. The second-order valence-corrected chi connectivity index (χ2v) is 7.03. The second kappa shape index (κ2) is 5.19. The highest BCUT2D eigenvalue weighted by Crippen LogP contribution is 2.47. The summed E-state index contributed by atoms with van der Waals surface area (Å²) in [6.07, 6.45) is 0. The maximum Gasteiger partial charge on any atom is 0.269 e. The zero-order valence-electron chi connectivity index (χ0n) is 11.8. The maximum absolute atomic E-state index is 12.6. The minimum atomic E-state index is -3.64. The molecule has 1 fully saturated rings. The van der Waals surface area contributed by atoms with Gasteiger partial charge in [0, 0.05) is 18.2 Å². The molecule has 1 aliphatic rings. The molecule has 6 nitrogen and oxygen atoms in total. The van der Waals surface area contributed by atoms with Gasteiger partial charge in [0.05, 0.1) is 15.9 Å². The molecule has 1 heterocycles. The number of nitro benzene ring substituents is 1. The SMILES string of the molecule is C[C@@H]1[C@H](c2ccccc2)N1S(=O)(=O)c1ccc([N+](=O)[O-])cc1.